The van der Waals surface area contributed by atoms with Gasteiger partial charge in [-0.3, -0.25) is 4.79 Å². The van der Waals surface area contributed by atoms with Gasteiger partial charge in [-0.1, -0.05) is 0 Å². The van der Waals surface area contributed by atoms with Gasteiger partial charge in [-0.2, -0.15) is 0 Å². The highest BCUT2D eigenvalue weighted by Crippen LogP contribution is 2.10. The molecule has 1 heterocycles. The first-order chi connectivity index (χ1) is 9.49. The van der Waals surface area contributed by atoms with Crippen LogP contribution in [0.4, 0.5) is 4.79 Å². The number of urea groups is 1. The number of rotatable bonds is 6. The zero-order chi connectivity index (χ0) is 15.0. The summed E-state index contributed by atoms with van der Waals surface area (Å²) in [5, 5.41) is 5.77. The normalized spacial score (nSPS) is 19.0. The minimum absolute atomic E-state index is 0.0388. The van der Waals surface area contributed by atoms with Gasteiger partial charge in [0, 0.05) is 39.2 Å². The van der Waals surface area contributed by atoms with Crippen molar-refractivity contribution in [2.75, 3.05) is 26.2 Å². The molecular weight excluding hydrogens is 258 g/mol. The summed E-state index contributed by atoms with van der Waals surface area (Å²) in [7, 11) is 0. The average Bonchev–Trinajstić information content (AvgIpc) is 2.37. The van der Waals surface area contributed by atoms with Crippen LogP contribution in [0.3, 0.4) is 0 Å². The van der Waals surface area contributed by atoms with Crippen LogP contribution in [0.25, 0.3) is 0 Å². The van der Waals surface area contributed by atoms with Gasteiger partial charge < -0.3 is 20.3 Å². The van der Waals surface area contributed by atoms with E-state index in [2.05, 4.69) is 10.6 Å². The van der Waals surface area contributed by atoms with E-state index in [1.54, 1.807) is 4.90 Å². The van der Waals surface area contributed by atoms with Gasteiger partial charge in [-0.25, -0.2) is 4.79 Å². The Balaban J connectivity index is 2.20. The lowest BCUT2D eigenvalue weighted by molar-refractivity contribution is -0.119. The van der Waals surface area contributed by atoms with Gasteiger partial charge in [0.1, 0.15) is 0 Å². The summed E-state index contributed by atoms with van der Waals surface area (Å²) in [5.41, 5.74) is 0. The van der Waals surface area contributed by atoms with Gasteiger partial charge in [0.25, 0.3) is 0 Å². The van der Waals surface area contributed by atoms with Crippen molar-refractivity contribution in [3.05, 3.63) is 0 Å². The molecule has 0 saturated carbocycles. The Morgan fingerprint density at radius 2 is 2.15 bits per heavy atom. The highest BCUT2D eigenvalue weighted by Gasteiger charge is 2.23. The Bertz CT molecular complexity index is 321. The largest absolute Gasteiger partial charge is 0.379 e. The summed E-state index contributed by atoms with van der Waals surface area (Å²) >= 11 is 0. The maximum absolute atomic E-state index is 12.0. The van der Waals surface area contributed by atoms with Crippen molar-refractivity contribution in [3.63, 3.8) is 0 Å². The summed E-state index contributed by atoms with van der Waals surface area (Å²) in [4.78, 5) is 24.8. The molecule has 0 aromatic carbocycles. The Morgan fingerprint density at radius 3 is 2.80 bits per heavy atom. The molecule has 0 radical (unpaired) electrons. The van der Waals surface area contributed by atoms with E-state index in [-0.39, 0.29) is 24.1 Å². The molecule has 3 amide bonds. The fraction of sp³-hybridized carbons (Fsp3) is 0.857. The Labute approximate surface area is 121 Å². The minimum Gasteiger partial charge on any atom is -0.379 e. The molecule has 1 atom stereocenters. The number of amides is 3. The van der Waals surface area contributed by atoms with E-state index in [4.69, 9.17) is 4.74 Å². The Morgan fingerprint density at radius 1 is 1.40 bits per heavy atom. The van der Waals surface area contributed by atoms with Gasteiger partial charge >= 0.3 is 6.03 Å². The number of hydrogen-bond donors (Lipinski definition) is 2. The lowest BCUT2D eigenvalue weighted by Gasteiger charge is -2.33. The summed E-state index contributed by atoms with van der Waals surface area (Å²) in [6, 6.07) is 0.0286. The maximum Gasteiger partial charge on any atom is 0.317 e. The second-order valence-electron chi connectivity index (χ2n) is 5.49. The van der Waals surface area contributed by atoms with Crippen molar-refractivity contribution in [1.29, 1.82) is 0 Å². The number of nitrogens with zero attached hydrogens (tertiary/aromatic N) is 1. The molecule has 1 rings (SSSR count). The van der Waals surface area contributed by atoms with E-state index in [9.17, 15) is 9.59 Å². The van der Waals surface area contributed by atoms with Gasteiger partial charge in [0.05, 0.1) is 6.10 Å². The van der Waals surface area contributed by atoms with E-state index in [1.165, 1.54) is 6.92 Å². The number of nitrogens with one attached hydrogen (secondary N) is 2. The molecule has 0 aliphatic carbocycles. The predicted molar refractivity (Wildman–Crippen MR) is 77.5 cm³/mol. The van der Waals surface area contributed by atoms with Crippen LogP contribution >= 0.6 is 0 Å². The van der Waals surface area contributed by atoms with E-state index >= 15 is 0 Å². The monoisotopic (exact) mass is 285 g/mol. The SMILES string of the molecule is CC(=O)NC1CCCN(C(=O)NCCCOC(C)C)C1. The van der Waals surface area contributed by atoms with Gasteiger partial charge in [-0.05, 0) is 33.1 Å². The smallest absolute Gasteiger partial charge is 0.317 e. The number of ether oxygens (including phenoxy) is 1. The lowest BCUT2D eigenvalue weighted by Crippen LogP contribution is -2.52. The second kappa shape index (κ2) is 8.79. The summed E-state index contributed by atoms with van der Waals surface area (Å²) in [6.07, 6.45) is 2.90. The predicted octanol–water partition coefficient (Wildman–Crippen LogP) is 1.11. The standard InChI is InChI=1S/C14H27N3O3/c1-11(2)20-9-5-7-15-14(19)17-8-4-6-13(10-17)16-12(3)18/h11,13H,4-10H2,1-3H3,(H,15,19)(H,16,18). The molecule has 2 N–H and O–H groups in total. The molecule has 1 aliphatic heterocycles. The first-order valence-electron chi connectivity index (χ1n) is 7.40. The second-order valence-corrected chi connectivity index (χ2v) is 5.49. The molecule has 1 unspecified atom stereocenters. The number of piperidine rings is 1. The Kier molecular flexibility index (Phi) is 7.36. The van der Waals surface area contributed by atoms with Crippen molar-refractivity contribution in [1.82, 2.24) is 15.5 Å². The van der Waals surface area contributed by atoms with Crippen molar-refractivity contribution >= 4 is 11.9 Å². The van der Waals surface area contributed by atoms with Crippen LogP contribution in [-0.4, -0.2) is 55.2 Å². The minimum atomic E-state index is -0.0513. The third kappa shape index (κ3) is 6.75. The fourth-order valence-electron chi connectivity index (χ4n) is 2.27. The highest BCUT2D eigenvalue weighted by atomic mass is 16.5. The molecule has 116 valence electrons. The molecule has 6 nitrogen and oxygen atoms in total. The van der Waals surface area contributed by atoms with Gasteiger partial charge in [0.2, 0.25) is 5.91 Å². The summed E-state index contributed by atoms with van der Waals surface area (Å²) < 4.78 is 5.42. The van der Waals surface area contributed by atoms with E-state index < -0.39 is 0 Å². The zero-order valence-corrected chi connectivity index (χ0v) is 12.8. The van der Waals surface area contributed by atoms with Gasteiger partial charge in [0.15, 0.2) is 0 Å². The molecule has 1 saturated heterocycles. The molecule has 1 fully saturated rings. The van der Waals surface area contributed by atoms with Crippen LogP contribution in [0.1, 0.15) is 40.0 Å². The molecule has 0 aromatic rings. The van der Waals surface area contributed by atoms with E-state index in [1.807, 2.05) is 13.8 Å². The Hall–Kier alpha value is -1.30. The van der Waals surface area contributed by atoms with E-state index in [0.29, 0.717) is 19.7 Å². The van der Waals surface area contributed by atoms with Crippen molar-refractivity contribution < 1.29 is 14.3 Å². The van der Waals surface area contributed by atoms with Crippen LogP contribution in [0.15, 0.2) is 0 Å². The molecule has 0 bridgehead atoms. The van der Waals surface area contributed by atoms with Crippen molar-refractivity contribution in [2.45, 2.75) is 52.2 Å². The zero-order valence-electron chi connectivity index (χ0n) is 12.8. The van der Waals surface area contributed by atoms with Crippen molar-refractivity contribution in [3.8, 4) is 0 Å². The highest BCUT2D eigenvalue weighted by molar-refractivity contribution is 5.75. The molecule has 0 spiro atoms. The first kappa shape index (κ1) is 16.8. The third-order valence-corrected chi connectivity index (χ3v) is 3.16. The number of likely N-dealkylation sites (tertiary alicyclic amines) is 1. The molecular formula is C14H27N3O3. The lowest BCUT2D eigenvalue weighted by atomic mass is 10.1. The average molecular weight is 285 g/mol. The molecule has 6 heteroatoms. The van der Waals surface area contributed by atoms with Crippen molar-refractivity contribution in [2.24, 2.45) is 0 Å². The van der Waals surface area contributed by atoms with Gasteiger partial charge in [-0.15, -0.1) is 0 Å². The third-order valence-electron chi connectivity index (χ3n) is 3.16. The quantitative estimate of drug-likeness (QED) is 0.718. The van der Waals surface area contributed by atoms with Crippen LogP contribution in [0.5, 0.6) is 0 Å². The summed E-state index contributed by atoms with van der Waals surface area (Å²) in [6.45, 7) is 8.12. The van der Waals surface area contributed by atoms with E-state index in [0.717, 1.165) is 25.8 Å². The topological polar surface area (TPSA) is 70.7 Å². The van der Waals surface area contributed by atoms with Crippen LogP contribution in [0, 0.1) is 0 Å². The summed E-state index contributed by atoms with van der Waals surface area (Å²) in [5.74, 6) is -0.0388. The van der Waals surface area contributed by atoms with Crippen LogP contribution in [-0.2, 0) is 9.53 Å². The van der Waals surface area contributed by atoms with Crippen LogP contribution in [0.2, 0.25) is 0 Å². The van der Waals surface area contributed by atoms with Crippen LogP contribution < -0.4 is 10.6 Å². The number of carbonyl (C=O) groups excluding carboxylic acids is 2. The number of hydrogen-bond acceptors (Lipinski definition) is 3. The first-order valence-corrected chi connectivity index (χ1v) is 7.40. The fourth-order valence-corrected chi connectivity index (χ4v) is 2.27. The molecule has 1 aliphatic rings. The maximum atomic E-state index is 12.0. The molecule has 20 heavy (non-hydrogen) atoms. The number of carbonyl (C=O) groups is 2. The molecule has 0 aromatic heterocycles.